The Hall–Kier alpha value is -1.47. The summed E-state index contributed by atoms with van der Waals surface area (Å²) in [7, 11) is -2.69. The smallest absolute Gasteiger partial charge is 0.241 e. The van der Waals surface area contributed by atoms with Crippen molar-refractivity contribution < 1.29 is 9.00 Å². The van der Waals surface area contributed by atoms with Crippen LogP contribution in [0.15, 0.2) is 24.5 Å². The van der Waals surface area contributed by atoms with Gasteiger partial charge in [-0.15, -0.1) is 0 Å². The summed E-state index contributed by atoms with van der Waals surface area (Å²) in [6, 6.07) is 2.65. The van der Waals surface area contributed by atoms with Gasteiger partial charge < -0.3 is 11.1 Å². The van der Waals surface area contributed by atoms with Crippen LogP contribution >= 0.6 is 0 Å². The van der Waals surface area contributed by atoms with Crippen molar-refractivity contribution in [2.75, 3.05) is 16.8 Å². The number of nitrogens with zero attached hydrogens (tertiary/aromatic N) is 1. The van der Waals surface area contributed by atoms with E-state index in [9.17, 15) is 9.00 Å². The number of aromatic nitrogens is 1. The molecule has 0 radical (unpaired) electrons. The van der Waals surface area contributed by atoms with Crippen molar-refractivity contribution in [3.63, 3.8) is 0 Å². The zero-order valence-electron chi connectivity index (χ0n) is 13.5. The molecule has 0 aliphatic rings. The zero-order chi connectivity index (χ0) is 16.8. The number of hydrogen-bond donors (Lipinski definition) is 3. The molecule has 0 spiro atoms. The van der Waals surface area contributed by atoms with Gasteiger partial charge >= 0.3 is 0 Å². The van der Waals surface area contributed by atoms with Crippen molar-refractivity contribution in [1.82, 2.24) is 4.98 Å². The minimum atomic E-state index is -2.69. The van der Waals surface area contributed by atoms with E-state index in [1.165, 1.54) is 6.20 Å². The Bertz CT molecular complexity index is 579. The van der Waals surface area contributed by atoms with Gasteiger partial charge in [0.15, 0.2) is 0 Å². The molecule has 4 N–H and O–H groups in total. The highest BCUT2D eigenvalue weighted by atomic mass is 32.2. The molecular weight excluding hydrogens is 300 g/mol. The Morgan fingerprint density at radius 1 is 1.45 bits per heavy atom. The fraction of sp³-hybridized carbons (Fsp3) is 0.600. The molecule has 1 aromatic heterocycles. The van der Waals surface area contributed by atoms with E-state index >= 15 is 0 Å². The molecule has 1 unspecified atom stereocenters. The third kappa shape index (κ3) is 7.51. The fourth-order valence-electron chi connectivity index (χ4n) is 1.69. The molecule has 6 nitrogen and oxygen atoms in total. The van der Waals surface area contributed by atoms with Gasteiger partial charge in [0.25, 0.3) is 0 Å². The summed E-state index contributed by atoms with van der Waals surface area (Å²) in [5.41, 5.74) is 6.43. The topological polar surface area (TPSA) is 109 Å². The van der Waals surface area contributed by atoms with Crippen molar-refractivity contribution in [3.05, 3.63) is 24.5 Å². The lowest BCUT2D eigenvalue weighted by Crippen LogP contribution is -2.37. The van der Waals surface area contributed by atoms with Gasteiger partial charge in [-0.05, 0) is 30.4 Å². The van der Waals surface area contributed by atoms with Gasteiger partial charge in [-0.2, -0.15) is 0 Å². The number of anilines is 1. The van der Waals surface area contributed by atoms with E-state index in [0.717, 1.165) is 0 Å². The van der Waals surface area contributed by atoms with Crippen LogP contribution in [-0.2, 0) is 14.5 Å². The van der Waals surface area contributed by atoms with Gasteiger partial charge in [0, 0.05) is 27.4 Å². The second-order valence-corrected chi connectivity index (χ2v) is 9.10. The van der Waals surface area contributed by atoms with E-state index in [-0.39, 0.29) is 23.5 Å². The molecule has 0 fully saturated rings. The number of nitrogens with two attached hydrogens (primary N) is 1. The maximum Gasteiger partial charge on any atom is 0.241 e. The quantitative estimate of drug-likeness (QED) is 0.713. The normalized spacial score (nSPS) is 15.8. The molecule has 0 aliphatic carbocycles. The van der Waals surface area contributed by atoms with Gasteiger partial charge in [0.2, 0.25) is 5.91 Å². The van der Waals surface area contributed by atoms with Crippen molar-refractivity contribution in [3.8, 4) is 0 Å². The lowest BCUT2D eigenvalue weighted by atomic mass is 9.94. The van der Waals surface area contributed by atoms with Crippen molar-refractivity contribution >= 4 is 21.3 Å². The molecule has 0 saturated heterocycles. The molecule has 0 bridgehead atoms. The monoisotopic (exact) mass is 326 g/mol. The average Bonchev–Trinajstić information content (AvgIpc) is 2.43. The maximum atomic E-state index is 12.2. The number of hydrogen-bond acceptors (Lipinski definition) is 5. The molecule has 1 heterocycles. The minimum absolute atomic E-state index is 0.0451. The van der Waals surface area contributed by atoms with Crippen LogP contribution in [0.2, 0.25) is 0 Å². The number of carbonyl (C=O) groups excluding carboxylic acids is 1. The molecule has 7 heteroatoms. The van der Waals surface area contributed by atoms with Crippen molar-refractivity contribution in [1.29, 1.82) is 4.78 Å². The Morgan fingerprint density at radius 3 is 2.68 bits per heavy atom. The molecule has 0 saturated carbocycles. The second kappa shape index (κ2) is 7.69. The first-order chi connectivity index (χ1) is 10.1. The standard InChI is InChI=1S/C15H26N4O2S/c1-15(2,3)7-10-22(17,21)9-6-13(16)14(20)19-12-5-4-8-18-11-12/h4-5,8,11,13,17H,6-7,9-10,16H2,1-3H3,(H,19,20)/t13-,22?/m0/s1. The molecule has 0 aliphatic heterocycles. The first-order valence-electron chi connectivity index (χ1n) is 7.30. The van der Waals surface area contributed by atoms with E-state index in [1.807, 2.05) is 0 Å². The molecule has 22 heavy (non-hydrogen) atoms. The molecule has 124 valence electrons. The van der Waals surface area contributed by atoms with Gasteiger partial charge in [0.05, 0.1) is 17.9 Å². The van der Waals surface area contributed by atoms with Crippen LogP contribution in [0.25, 0.3) is 0 Å². The zero-order valence-corrected chi connectivity index (χ0v) is 14.3. The summed E-state index contributed by atoms with van der Waals surface area (Å²) in [4.78, 5) is 15.8. The van der Waals surface area contributed by atoms with E-state index in [4.69, 9.17) is 10.5 Å². The van der Waals surface area contributed by atoms with Crippen LogP contribution in [-0.4, -0.2) is 32.6 Å². The van der Waals surface area contributed by atoms with Crippen LogP contribution in [0.3, 0.4) is 0 Å². The average molecular weight is 326 g/mol. The number of pyridine rings is 1. The van der Waals surface area contributed by atoms with Crippen LogP contribution in [0.1, 0.15) is 33.6 Å². The van der Waals surface area contributed by atoms with Gasteiger partial charge in [-0.25, -0.2) is 4.21 Å². The van der Waals surface area contributed by atoms with Gasteiger partial charge in [0.1, 0.15) is 0 Å². The minimum Gasteiger partial charge on any atom is -0.323 e. The first-order valence-corrected chi connectivity index (χ1v) is 9.19. The predicted molar refractivity (Wildman–Crippen MR) is 90.1 cm³/mol. The van der Waals surface area contributed by atoms with Crippen molar-refractivity contribution in [2.24, 2.45) is 11.1 Å². The number of rotatable bonds is 7. The highest BCUT2D eigenvalue weighted by Crippen LogP contribution is 2.20. The predicted octanol–water partition coefficient (Wildman–Crippen LogP) is 2.22. The lowest BCUT2D eigenvalue weighted by Gasteiger charge is -2.19. The summed E-state index contributed by atoms with van der Waals surface area (Å²) >= 11 is 0. The molecule has 1 aromatic rings. The highest BCUT2D eigenvalue weighted by molar-refractivity contribution is 7.92. The Labute approximate surface area is 132 Å². The second-order valence-electron chi connectivity index (χ2n) is 6.66. The Balaban J connectivity index is 2.44. The number of amides is 1. The largest absolute Gasteiger partial charge is 0.323 e. The third-order valence-corrected chi connectivity index (χ3v) is 4.96. The summed E-state index contributed by atoms with van der Waals surface area (Å²) in [5, 5.41) is 2.65. The molecule has 2 atom stereocenters. The summed E-state index contributed by atoms with van der Waals surface area (Å²) in [5.74, 6) is 0.136. The fourth-order valence-corrected chi connectivity index (χ4v) is 3.47. The van der Waals surface area contributed by atoms with Gasteiger partial charge in [-0.1, -0.05) is 20.8 Å². The van der Waals surface area contributed by atoms with E-state index in [0.29, 0.717) is 17.9 Å². The van der Waals surface area contributed by atoms with Crippen LogP contribution in [0, 0.1) is 10.2 Å². The van der Waals surface area contributed by atoms with Crippen LogP contribution in [0.5, 0.6) is 0 Å². The first kappa shape index (κ1) is 18.6. The van der Waals surface area contributed by atoms with Crippen LogP contribution < -0.4 is 11.1 Å². The maximum absolute atomic E-state index is 12.2. The number of nitrogens with one attached hydrogen (secondary N) is 2. The Morgan fingerprint density at radius 2 is 2.14 bits per heavy atom. The van der Waals surface area contributed by atoms with E-state index in [1.54, 1.807) is 18.3 Å². The van der Waals surface area contributed by atoms with Gasteiger partial charge in [-0.3, -0.25) is 14.6 Å². The molecular formula is C15H26N4O2S. The third-order valence-electron chi connectivity index (χ3n) is 3.21. The molecule has 0 aromatic carbocycles. The van der Waals surface area contributed by atoms with E-state index in [2.05, 4.69) is 31.1 Å². The highest BCUT2D eigenvalue weighted by Gasteiger charge is 2.19. The van der Waals surface area contributed by atoms with E-state index < -0.39 is 15.8 Å². The number of carbonyl (C=O) groups is 1. The van der Waals surface area contributed by atoms with Crippen molar-refractivity contribution in [2.45, 2.75) is 39.7 Å². The summed E-state index contributed by atoms with van der Waals surface area (Å²) in [6.07, 6.45) is 4.09. The Kier molecular flexibility index (Phi) is 6.49. The molecule has 1 amide bonds. The summed E-state index contributed by atoms with van der Waals surface area (Å²) in [6.45, 7) is 6.15. The lowest BCUT2D eigenvalue weighted by molar-refractivity contribution is -0.117. The van der Waals surface area contributed by atoms with Crippen LogP contribution in [0.4, 0.5) is 5.69 Å². The molecule has 1 rings (SSSR count). The SMILES string of the molecule is CC(C)(C)CCS(=N)(=O)CC[C@H](N)C(=O)Nc1cccnc1. The summed E-state index contributed by atoms with van der Waals surface area (Å²) < 4.78 is 20.1.